The van der Waals surface area contributed by atoms with Crippen LogP contribution in [0, 0.1) is 22.4 Å². The van der Waals surface area contributed by atoms with E-state index in [4.69, 9.17) is 14.6 Å². The average Bonchev–Trinajstić information content (AvgIpc) is 2.80. The van der Waals surface area contributed by atoms with Crippen molar-refractivity contribution in [1.29, 1.82) is 5.26 Å². The summed E-state index contributed by atoms with van der Waals surface area (Å²) in [5, 5.41) is 15.8. The molecule has 0 aliphatic rings. The first-order valence-corrected chi connectivity index (χ1v) is 6.98. The molecule has 98 valence electrons. The third-order valence-electron chi connectivity index (χ3n) is 2.41. The van der Waals surface area contributed by atoms with Crippen LogP contribution in [0.15, 0.2) is 22.9 Å². The molecule has 0 aliphatic heterocycles. The van der Waals surface area contributed by atoms with Gasteiger partial charge in [0.15, 0.2) is 0 Å². The molecule has 5 nitrogen and oxygen atoms in total. The van der Waals surface area contributed by atoms with E-state index in [0.29, 0.717) is 34.9 Å². The lowest BCUT2D eigenvalue weighted by molar-refractivity contribution is 0.287. The second kappa shape index (κ2) is 6.04. The molecule has 0 saturated heterocycles. The highest BCUT2D eigenvalue weighted by atomic mass is 79.9. The predicted octanol–water partition coefficient (Wildman–Crippen LogP) is 3.15. The Bertz CT molecular complexity index is 711. The van der Waals surface area contributed by atoms with Gasteiger partial charge in [-0.25, -0.2) is 4.52 Å². The van der Waals surface area contributed by atoms with Crippen molar-refractivity contribution in [3.63, 3.8) is 0 Å². The standard InChI is InChI=1S/C12H10BrN3O2S/c1-8(7-19-17)6-18-10-2-11(13)12-9(3-14)4-15-16(12)5-10/h2,4-5,8,17H,6H2,1H3. The Hall–Kier alpha value is -1.58. The maximum absolute atomic E-state index is 8.96. The molecule has 2 aromatic rings. The molecule has 1 N–H and O–H groups in total. The summed E-state index contributed by atoms with van der Waals surface area (Å²) >= 11 is 3.97. The molecule has 19 heavy (non-hydrogen) atoms. The van der Waals surface area contributed by atoms with E-state index in [0.717, 1.165) is 4.47 Å². The van der Waals surface area contributed by atoms with Crippen LogP contribution in [-0.4, -0.2) is 20.8 Å². The fourth-order valence-corrected chi connectivity index (χ4v) is 2.42. The van der Waals surface area contributed by atoms with Gasteiger partial charge < -0.3 is 9.29 Å². The Morgan fingerprint density at radius 3 is 3.16 bits per heavy atom. The lowest BCUT2D eigenvalue weighted by Crippen LogP contribution is -2.06. The van der Waals surface area contributed by atoms with Crippen LogP contribution in [0.1, 0.15) is 12.5 Å². The molecule has 0 saturated carbocycles. The van der Waals surface area contributed by atoms with Crippen LogP contribution in [-0.2, 0) is 0 Å². The van der Waals surface area contributed by atoms with E-state index in [1.54, 1.807) is 16.8 Å². The fourth-order valence-electron chi connectivity index (χ4n) is 1.56. The summed E-state index contributed by atoms with van der Waals surface area (Å²) in [5.74, 6) is 0.625. The van der Waals surface area contributed by atoms with Gasteiger partial charge in [0.1, 0.15) is 18.4 Å². The Labute approximate surface area is 122 Å². The topological polar surface area (TPSA) is 70.5 Å². The first kappa shape index (κ1) is 13.8. The number of nitriles is 1. The Kier molecular flexibility index (Phi) is 4.40. The van der Waals surface area contributed by atoms with Gasteiger partial charge in [-0.1, -0.05) is 5.18 Å². The van der Waals surface area contributed by atoms with E-state index in [9.17, 15) is 0 Å². The molecule has 7 heteroatoms. The van der Waals surface area contributed by atoms with E-state index in [-0.39, 0.29) is 5.92 Å². The van der Waals surface area contributed by atoms with E-state index in [1.807, 2.05) is 6.92 Å². The van der Waals surface area contributed by atoms with Gasteiger partial charge in [0.2, 0.25) is 0 Å². The molecule has 1 atom stereocenters. The number of halogens is 1. The SMILES string of the molecule is CC(C#SO)COc1cc(Br)c2c(C#N)cnn2c1. The maximum atomic E-state index is 8.96. The smallest absolute Gasteiger partial charge is 0.138 e. The first-order valence-electron chi connectivity index (χ1n) is 5.41. The average molecular weight is 340 g/mol. The fraction of sp³-hybridized carbons (Fsp3) is 0.250. The van der Waals surface area contributed by atoms with Crippen molar-refractivity contribution in [2.75, 3.05) is 6.61 Å². The maximum Gasteiger partial charge on any atom is 0.138 e. The monoisotopic (exact) mass is 339 g/mol. The number of ether oxygens (including phenoxy) is 1. The minimum absolute atomic E-state index is 0.00300. The lowest BCUT2D eigenvalue weighted by atomic mass is 10.2. The zero-order valence-corrected chi connectivity index (χ0v) is 12.4. The van der Waals surface area contributed by atoms with Gasteiger partial charge >= 0.3 is 0 Å². The molecule has 2 heterocycles. The van der Waals surface area contributed by atoms with Crippen LogP contribution >= 0.6 is 27.4 Å². The second-order valence-corrected chi connectivity index (χ2v) is 5.18. The summed E-state index contributed by atoms with van der Waals surface area (Å²) in [6, 6.07) is 3.87. The Morgan fingerprint density at radius 1 is 1.68 bits per heavy atom. The van der Waals surface area contributed by atoms with Crippen molar-refractivity contribution >= 4 is 32.9 Å². The van der Waals surface area contributed by atoms with Crippen molar-refractivity contribution in [2.24, 2.45) is 5.92 Å². The van der Waals surface area contributed by atoms with Crippen molar-refractivity contribution in [3.05, 3.63) is 28.5 Å². The van der Waals surface area contributed by atoms with E-state index in [2.05, 4.69) is 32.3 Å². The van der Waals surface area contributed by atoms with Gasteiger partial charge in [0, 0.05) is 15.9 Å². The van der Waals surface area contributed by atoms with Gasteiger partial charge in [0.25, 0.3) is 0 Å². The highest BCUT2D eigenvalue weighted by Gasteiger charge is 2.10. The molecule has 1 unspecified atom stereocenters. The predicted molar refractivity (Wildman–Crippen MR) is 76.4 cm³/mol. The summed E-state index contributed by atoms with van der Waals surface area (Å²) < 4.78 is 16.6. The van der Waals surface area contributed by atoms with Crippen molar-refractivity contribution < 1.29 is 9.29 Å². The van der Waals surface area contributed by atoms with Gasteiger partial charge in [0.05, 0.1) is 29.4 Å². The highest BCUT2D eigenvalue weighted by molar-refractivity contribution is 9.10. The molecule has 0 radical (unpaired) electrons. The molecular weight excluding hydrogens is 330 g/mol. The largest absolute Gasteiger partial charge is 0.491 e. The number of rotatable bonds is 3. The third kappa shape index (κ3) is 3.06. The number of aromatic nitrogens is 2. The minimum Gasteiger partial charge on any atom is -0.491 e. The highest BCUT2D eigenvalue weighted by Crippen LogP contribution is 2.26. The van der Waals surface area contributed by atoms with Crippen LogP contribution in [0.4, 0.5) is 0 Å². The molecule has 0 amide bonds. The summed E-state index contributed by atoms with van der Waals surface area (Å²) in [4.78, 5) is 0. The third-order valence-corrected chi connectivity index (χ3v) is 3.53. The lowest BCUT2D eigenvalue weighted by Gasteiger charge is -2.09. The molecule has 0 aliphatic carbocycles. The summed E-state index contributed by atoms with van der Waals surface area (Å²) in [6.07, 6.45) is 3.22. The van der Waals surface area contributed by atoms with Gasteiger partial charge in [-0.3, -0.25) is 0 Å². The zero-order valence-electron chi connectivity index (χ0n) is 10.00. The normalized spacial score (nSPS) is 11.7. The quantitative estimate of drug-likeness (QED) is 0.872. The molecule has 0 bridgehead atoms. The van der Waals surface area contributed by atoms with Gasteiger partial charge in [-0.15, -0.1) is 0 Å². The van der Waals surface area contributed by atoms with Crippen molar-refractivity contribution in [1.82, 2.24) is 9.61 Å². The van der Waals surface area contributed by atoms with Crippen LogP contribution < -0.4 is 4.74 Å². The molecule has 0 spiro atoms. The Balaban J connectivity index is 2.26. The van der Waals surface area contributed by atoms with Crippen molar-refractivity contribution in [3.8, 4) is 17.0 Å². The number of nitrogens with zero attached hydrogens (tertiary/aromatic N) is 3. The molecule has 2 aromatic heterocycles. The molecule has 0 aromatic carbocycles. The summed E-state index contributed by atoms with van der Waals surface area (Å²) in [5.41, 5.74) is 1.22. The Morgan fingerprint density at radius 2 is 2.47 bits per heavy atom. The van der Waals surface area contributed by atoms with Crippen molar-refractivity contribution in [2.45, 2.75) is 6.92 Å². The number of pyridine rings is 1. The number of fused-ring (bicyclic) bond motifs is 1. The van der Waals surface area contributed by atoms with Crippen LogP contribution in [0.5, 0.6) is 5.75 Å². The molecular formula is C12H10BrN3O2S. The van der Waals surface area contributed by atoms with Gasteiger partial charge in [-0.2, -0.15) is 10.4 Å². The number of hydrogen-bond donors (Lipinski definition) is 1. The summed E-state index contributed by atoms with van der Waals surface area (Å²) in [6.45, 7) is 2.29. The number of hydrogen-bond acceptors (Lipinski definition) is 4. The van der Waals surface area contributed by atoms with Crippen LogP contribution in [0.3, 0.4) is 0 Å². The molecule has 2 rings (SSSR count). The minimum atomic E-state index is -0.00300. The van der Waals surface area contributed by atoms with E-state index >= 15 is 0 Å². The zero-order chi connectivity index (χ0) is 13.8. The molecule has 0 fully saturated rings. The second-order valence-electron chi connectivity index (χ2n) is 3.91. The van der Waals surface area contributed by atoms with Crippen LogP contribution in [0.2, 0.25) is 0 Å². The van der Waals surface area contributed by atoms with Crippen LogP contribution in [0.25, 0.3) is 5.52 Å². The van der Waals surface area contributed by atoms with E-state index < -0.39 is 0 Å². The summed E-state index contributed by atoms with van der Waals surface area (Å²) in [7, 11) is 0. The first-order chi connectivity index (χ1) is 9.15. The van der Waals surface area contributed by atoms with Gasteiger partial charge in [-0.05, 0) is 28.9 Å². The van der Waals surface area contributed by atoms with E-state index in [1.165, 1.54) is 6.20 Å².